The van der Waals surface area contributed by atoms with E-state index in [2.05, 4.69) is 20.4 Å². The molecule has 0 aromatic carbocycles. The highest BCUT2D eigenvalue weighted by atomic mass is 32.1. The first-order valence-corrected chi connectivity index (χ1v) is 7.66. The molecule has 114 valence electrons. The number of aryl methyl sites for hydroxylation is 1. The second-order valence-electron chi connectivity index (χ2n) is 5.77. The fourth-order valence-electron chi connectivity index (χ4n) is 1.72. The predicted octanol–water partition coefficient (Wildman–Crippen LogP) is 2.45. The molecule has 0 saturated heterocycles. The van der Waals surface area contributed by atoms with Gasteiger partial charge in [-0.2, -0.15) is 4.98 Å². The summed E-state index contributed by atoms with van der Waals surface area (Å²) in [5, 5.41) is 0. The number of nitrogens with one attached hydrogen (secondary N) is 1. The summed E-state index contributed by atoms with van der Waals surface area (Å²) in [6.07, 6.45) is 0.816. The third-order valence-corrected chi connectivity index (χ3v) is 3.94. The zero-order valence-corrected chi connectivity index (χ0v) is 13.6. The number of thiazole rings is 1. The minimum atomic E-state index is -0.167. The maximum absolute atomic E-state index is 5.74. The van der Waals surface area contributed by atoms with Gasteiger partial charge >= 0.3 is 0 Å². The molecular weight excluding hydrogens is 286 g/mol. The van der Waals surface area contributed by atoms with Crippen LogP contribution >= 0.6 is 11.3 Å². The molecule has 0 aliphatic rings. The van der Waals surface area contributed by atoms with E-state index in [-0.39, 0.29) is 5.41 Å². The topological polar surface area (TPSA) is 86.0 Å². The third kappa shape index (κ3) is 4.12. The van der Waals surface area contributed by atoms with Crippen LogP contribution in [0.3, 0.4) is 0 Å². The van der Waals surface area contributed by atoms with Crippen molar-refractivity contribution in [3.63, 3.8) is 0 Å². The van der Waals surface area contributed by atoms with Crippen LogP contribution in [-0.4, -0.2) is 21.6 Å². The third-order valence-electron chi connectivity index (χ3n) is 2.95. The summed E-state index contributed by atoms with van der Waals surface area (Å²) in [5.74, 6) is 7.24. The van der Waals surface area contributed by atoms with Crippen LogP contribution in [0.1, 0.15) is 37.2 Å². The highest BCUT2D eigenvalue weighted by molar-refractivity contribution is 7.09. The quantitative estimate of drug-likeness (QED) is 0.652. The second kappa shape index (κ2) is 6.36. The van der Waals surface area contributed by atoms with Crippen molar-refractivity contribution in [2.45, 2.75) is 39.5 Å². The first kappa shape index (κ1) is 15.7. The van der Waals surface area contributed by atoms with Crippen LogP contribution in [0.5, 0.6) is 5.88 Å². The van der Waals surface area contributed by atoms with Gasteiger partial charge in [-0.05, 0) is 6.92 Å². The van der Waals surface area contributed by atoms with Gasteiger partial charge < -0.3 is 10.2 Å². The van der Waals surface area contributed by atoms with Crippen LogP contribution in [0.25, 0.3) is 0 Å². The molecule has 0 unspecified atom stereocenters. The van der Waals surface area contributed by atoms with Crippen molar-refractivity contribution < 1.29 is 4.74 Å². The summed E-state index contributed by atoms with van der Waals surface area (Å²) in [5.41, 5.74) is 5.30. The number of hydrogen-bond acceptors (Lipinski definition) is 7. The summed E-state index contributed by atoms with van der Waals surface area (Å²) < 4.78 is 5.74. The van der Waals surface area contributed by atoms with Crippen molar-refractivity contribution >= 4 is 17.2 Å². The molecule has 0 aliphatic carbocycles. The normalized spacial score (nSPS) is 11.5. The molecule has 21 heavy (non-hydrogen) atoms. The van der Waals surface area contributed by atoms with E-state index in [9.17, 15) is 0 Å². The van der Waals surface area contributed by atoms with Crippen molar-refractivity contribution in [2.24, 2.45) is 5.84 Å². The first-order chi connectivity index (χ1) is 9.90. The standard InChI is InChI=1S/C14H21N5OS/c1-9-10(21-8-16-9)5-6-20-12-7-11(19-15)17-13(18-12)14(2,3)4/h7-8H,5-6,15H2,1-4H3,(H,17,18,19). The molecule has 0 radical (unpaired) electrons. The number of anilines is 1. The largest absolute Gasteiger partial charge is 0.477 e. The minimum absolute atomic E-state index is 0.167. The van der Waals surface area contributed by atoms with Gasteiger partial charge in [0.25, 0.3) is 0 Å². The molecule has 0 fully saturated rings. The number of hydrazine groups is 1. The van der Waals surface area contributed by atoms with Gasteiger partial charge in [-0.1, -0.05) is 20.8 Å². The van der Waals surface area contributed by atoms with Crippen molar-refractivity contribution in [1.29, 1.82) is 0 Å². The minimum Gasteiger partial charge on any atom is -0.477 e. The smallest absolute Gasteiger partial charge is 0.218 e. The van der Waals surface area contributed by atoms with Crippen LogP contribution in [0.15, 0.2) is 11.6 Å². The Kier molecular flexibility index (Phi) is 4.74. The molecule has 0 spiro atoms. The summed E-state index contributed by atoms with van der Waals surface area (Å²) in [4.78, 5) is 14.3. The van der Waals surface area contributed by atoms with E-state index < -0.39 is 0 Å². The summed E-state index contributed by atoms with van der Waals surface area (Å²) in [6, 6.07) is 1.70. The average molecular weight is 307 g/mol. The van der Waals surface area contributed by atoms with Crippen LogP contribution in [0.4, 0.5) is 5.82 Å². The summed E-state index contributed by atoms with van der Waals surface area (Å²) >= 11 is 1.64. The molecule has 7 heteroatoms. The van der Waals surface area contributed by atoms with Gasteiger partial charge in [-0.25, -0.2) is 15.8 Å². The van der Waals surface area contributed by atoms with Gasteiger partial charge in [0.05, 0.1) is 17.8 Å². The molecule has 0 bridgehead atoms. The van der Waals surface area contributed by atoms with Crippen LogP contribution < -0.4 is 16.0 Å². The van der Waals surface area contributed by atoms with Gasteiger partial charge in [0.1, 0.15) is 11.6 Å². The van der Waals surface area contributed by atoms with Crippen molar-refractivity contribution in [2.75, 3.05) is 12.0 Å². The first-order valence-electron chi connectivity index (χ1n) is 6.78. The molecule has 0 saturated carbocycles. The fraction of sp³-hybridized carbons (Fsp3) is 0.500. The van der Waals surface area contributed by atoms with E-state index in [4.69, 9.17) is 10.6 Å². The maximum atomic E-state index is 5.74. The molecular formula is C14H21N5OS. The Bertz CT molecular complexity index is 606. The Balaban J connectivity index is 2.07. The van der Waals surface area contributed by atoms with E-state index in [0.29, 0.717) is 24.1 Å². The predicted molar refractivity (Wildman–Crippen MR) is 84.6 cm³/mol. The molecule has 6 nitrogen and oxygen atoms in total. The van der Waals surface area contributed by atoms with Gasteiger partial charge in [0, 0.05) is 22.8 Å². The lowest BCUT2D eigenvalue weighted by Gasteiger charge is -2.18. The maximum Gasteiger partial charge on any atom is 0.218 e. The van der Waals surface area contributed by atoms with Crippen LogP contribution in [0.2, 0.25) is 0 Å². The molecule has 0 aliphatic heterocycles. The van der Waals surface area contributed by atoms with Crippen molar-refractivity contribution in [3.05, 3.63) is 28.0 Å². The average Bonchev–Trinajstić information content (AvgIpc) is 2.83. The molecule has 2 aromatic heterocycles. The lowest BCUT2D eigenvalue weighted by molar-refractivity contribution is 0.306. The zero-order valence-electron chi connectivity index (χ0n) is 12.8. The van der Waals surface area contributed by atoms with Gasteiger partial charge in [0.2, 0.25) is 5.88 Å². The van der Waals surface area contributed by atoms with Gasteiger partial charge in [-0.3, -0.25) is 0 Å². The summed E-state index contributed by atoms with van der Waals surface area (Å²) in [7, 11) is 0. The Morgan fingerprint density at radius 2 is 2.10 bits per heavy atom. The highest BCUT2D eigenvalue weighted by Crippen LogP contribution is 2.23. The van der Waals surface area contributed by atoms with E-state index in [1.807, 2.05) is 33.2 Å². The number of nitrogen functional groups attached to an aromatic ring is 1. The van der Waals surface area contributed by atoms with E-state index >= 15 is 0 Å². The highest BCUT2D eigenvalue weighted by Gasteiger charge is 2.19. The molecule has 3 N–H and O–H groups in total. The number of aromatic nitrogens is 3. The Hall–Kier alpha value is -1.73. The fourth-order valence-corrected chi connectivity index (χ4v) is 2.49. The molecule has 2 rings (SSSR count). The Labute approximate surface area is 128 Å². The summed E-state index contributed by atoms with van der Waals surface area (Å²) in [6.45, 7) is 8.70. The molecule has 2 heterocycles. The lowest BCUT2D eigenvalue weighted by atomic mass is 9.96. The SMILES string of the molecule is Cc1ncsc1CCOc1cc(NN)nc(C(C)(C)C)n1. The molecule has 0 amide bonds. The molecule has 2 aromatic rings. The van der Waals surface area contributed by atoms with Gasteiger partial charge in [0.15, 0.2) is 0 Å². The number of rotatable bonds is 5. The number of ether oxygens (including phenoxy) is 1. The monoisotopic (exact) mass is 307 g/mol. The zero-order chi connectivity index (χ0) is 15.5. The van der Waals surface area contributed by atoms with Crippen LogP contribution in [0, 0.1) is 6.92 Å². The number of nitrogens with two attached hydrogens (primary N) is 1. The van der Waals surface area contributed by atoms with Crippen molar-refractivity contribution in [3.8, 4) is 5.88 Å². The van der Waals surface area contributed by atoms with E-state index in [1.165, 1.54) is 4.88 Å². The number of hydrogen-bond donors (Lipinski definition) is 2. The van der Waals surface area contributed by atoms with Crippen molar-refractivity contribution in [1.82, 2.24) is 15.0 Å². The molecule has 0 atom stereocenters. The lowest BCUT2D eigenvalue weighted by Crippen LogP contribution is -2.19. The van der Waals surface area contributed by atoms with Gasteiger partial charge in [-0.15, -0.1) is 11.3 Å². The van der Waals surface area contributed by atoms with E-state index in [0.717, 1.165) is 12.1 Å². The second-order valence-corrected chi connectivity index (χ2v) is 6.71. The Morgan fingerprint density at radius 1 is 1.33 bits per heavy atom. The number of nitrogens with zero attached hydrogens (tertiary/aromatic N) is 3. The Morgan fingerprint density at radius 3 is 2.67 bits per heavy atom. The van der Waals surface area contributed by atoms with Crippen LogP contribution in [-0.2, 0) is 11.8 Å². The van der Waals surface area contributed by atoms with E-state index in [1.54, 1.807) is 17.4 Å².